The zero-order chi connectivity index (χ0) is 24.1. The molecule has 0 radical (unpaired) electrons. The third-order valence-electron chi connectivity index (χ3n) is 4.75. The Balaban J connectivity index is 1.92. The van der Waals surface area contributed by atoms with Crippen molar-refractivity contribution in [3.63, 3.8) is 0 Å². The van der Waals surface area contributed by atoms with E-state index in [0.717, 1.165) is 25.7 Å². The Bertz CT molecular complexity index is 911. The number of ketones is 2. The van der Waals surface area contributed by atoms with Crippen molar-refractivity contribution in [2.45, 2.75) is 46.0 Å². The van der Waals surface area contributed by atoms with Gasteiger partial charge in [-0.15, -0.1) is 0 Å². The van der Waals surface area contributed by atoms with Crippen LogP contribution in [0.5, 0.6) is 23.0 Å². The highest BCUT2D eigenvalue weighted by Crippen LogP contribution is 2.28. The first-order valence-corrected chi connectivity index (χ1v) is 11.3. The molecule has 2 aromatic rings. The number of hydrogen-bond acceptors (Lipinski definition) is 6. The van der Waals surface area contributed by atoms with E-state index < -0.39 is 0 Å². The van der Waals surface area contributed by atoms with E-state index in [1.54, 1.807) is 36.4 Å². The monoisotopic (exact) mass is 452 g/mol. The van der Waals surface area contributed by atoms with Crippen molar-refractivity contribution in [1.29, 1.82) is 0 Å². The molecule has 0 saturated heterocycles. The molecule has 0 aliphatic rings. The van der Waals surface area contributed by atoms with Crippen molar-refractivity contribution < 1.29 is 29.3 Å². The lowest BCUT2D eigenvalue weighted by molar-refractivity contribution is -0.121. The standard InChI is InChI=1S/C27H32O6/c1-3-5-15-32-26-17-20(9-13-24(26)30)7-11-22(28)19-23(29)12-8-21-10-14-25(31)27(18-21)33-16-6-4-2/h7-14,17-18,30-31H,3-6,15-16,19H2,1-2H3. The van der Waals surface area contributed by atoms with Gasteiger partial charge in [0.05, 0.1) is 19.6 Å². The lowest BCUT2D eigenvalue weighted by Gasteiger charge is -2.08. The van der Waals surface area contributed by atoms with E-state index >= 15 is 0 Å². The summed E-state index contributed by atoms with van der Waals surface area (Å²) in [5.74, 6) is 0.153. The largest absolute Gasteiger partial charge is 0.504 e. The number of benzene rings is 2. The van der Waals surface area contributed by atoms with Crippen LogP contribution < -0.4 is 9.47 Å². The maximum absolute atomic E-state index is 12.2. The summed E-state index contributed by atoms with van der Waals surface area (Å²) in [5.41, 5.74) is 1.38. The summed E-state index contributed by atoms with van der Waals surface area (Å²) in [5, 5.41) is 19.8. The number of unbranched alkanes of at least 4 members (excludes halogenated alkanes) is 2. The van der Waals surface area contributed by atoms with Crippen LogP contribution in [-0.4, -0.2) is 35.0 Å². The minimum atomic E-state index is -0.333. The minimum absolute atomic E-state index is 0.0445. The summed E-state index contributed by atoms with van der Waals surface area (Å²) in [6, 6.07) is 9.66. The van der Waals surface area contributed by atoms with Gasteiger partial charge in [0.25, 0.3) is 0 Å². The number of carbonyl (C=O) groups excluding carboxylic acids is 2. The van der Waals surface area contributed by atoms with E-state index in [1.807, 2.05) is 0 Å². The SMILES string of the molecule is CCCCOc1cc(C=CC(=O)CC(=O)C=Cc2ccc(O)c(OCCCC)c2)ccc1O. The summed E-state index contributed by atoms with van der Waals surface area (Å²) in [4.78, 5) is 24.3. The molecule has 0 aromatic heterocycles. The first-order chi connectivity index (χ1) is 15.9. The summed E-state index contributed by atoms with van der Waals surface area (Å²) in [6.45, 7) is 5.11. The van der Waals surface area contributed by atoms with E-state index in [2.05, 4.69) is 13.8 Å². The van der Waals surface area contributed by atoms with Crippen molar-refractivity contribution in [3.8, 4) is 23.0 Å². The quantitative estimate of drug-likeness (QED) is 0.217. The molecular weight excluding hydrogens is 420 g/mol. The van der Waals surface area contributed by atoms with Gasteiger partial charge in [0.15, 0.2) is 34.6 Å². The lowest BCUT2D eigenvalue weighted by atomic mass is 10.1. The van der Waals surface area contributed by atoms with Crippen molar-refractivity contribution in [3.05, 3.63) is 59.7 Å². The van der Waals surface area contributed by atoms with Crippen molar-refractivity contribution in [2.24, 2.45) is 0 Å². The van der Waals surface area contributed by atoms with E-state index in [1.165, 1.54) is 24.3 Å². The van der Waals surface area contributed by atoms with Crippen LogP contribution in [0.3, 0.4) is 0 Å². The van der Waals surface area contributed by atoms with Gasteiger partial charge in [0.1, 0.15) is 0 Å². The highest BCUT2D eigenvalue weighted by Gasteiger charge is 2.07. The fourth-order valence-corrected chi connectivity index (χ4v) is 2.82. The average Bonchev–Trinajstić information content (AvgIpc) is 2.80. The molecule has 2 rings (SSSR count). The molecule has 0 unspecified atom stereocenters. The Hall–Kier alpha value is -3.54. The van der Waals surface area contributed by atoms with Gasteiger partial charge in [0, 0.05) is 0 Å². The second kappa shape index (κ2) is 13.8. The summed E-state index contributed by atoms with van der Waals surface area (Å²) in [6.07, 6.45) is 9.33. The maximum atomic E-state index is 12.2. The third-order valence-corrected chi connectivity index (χ3v) is 4.75. The van der Waals surface area contributed by atoms with Gasteiger partial charge >= 0.3 is 0 Å². The van der Waals surface area contributed by atoms with E-state index in [9.17, 15) is 19.8 Å². The molecule has 0 heterocycles. The zero-order valence-corrected chi connectivity index (χ0v) is 19.3. The predicted octanol–water partition coefficient (Wildman–Crippen LogP) is 5.71. The number of phenolic OH excluding ortho intramolecular Hbond substituents is 2. The van der Waals surface area contributed by atoms with Gasteiger partial charge in [0.2, 0.25) is 0 Å². The fraction of sp³-hybridized carbons (Fsp3) is 0.333. The molecule has 0 atom stereocenters. The molecule has 2 N–H and O–H groups in total. The predicted molar refractivity (Wildman–Crippen MR) is 130 cm³/mol. The number of allylic oxidation sites excluding steroid dienone is 2. The highest BCUT2D eigenvalue weighted by atomic mass is 16.5. The molecule has 0 spiro atoms. The van der Waals surface area contributed by atoms with Gasteiger partial charge in [-0.05, 0) is 60.4 Å². The minimum Gasteiger partial charge on any atom is -0.504 e. The molecule has 6 heteroatoms. The van der Waals surface area contributed by atoms with Crippen LogP contribution in [-0.2, 0) is 9.59 Å². The molecule has 0 saturated carbocycles. The number of carbonyl (C=O) groups is 2. The normalized spacial score (nSPS) is 11.2. The van der Waals surface area contributed by atoms with Gasteiger partial charge in [-0.2, -0.15) is 0 Å². The Kier molecular flexibility index (Phi) is 10.7. The molecular formula is C27H32O6. The van der Waals surface area contributed by atoms with Crippen molar-refractivity contribution in [1.82, 2.24) is 0 Å². The van der Waals surface area contributed by atoms with Crippen LogP contribution in [0.15, 0.2) is 48.6 Å². The van der Waals surface area contributed by atoms with Crippen LogP contribution in [0.25, 0.3) is 12.2 Å². The molecule has 2 aromatic carbocycles. The van der Waals surface area contributed by atoms with Gasteiger partial charge in [-0.25, -0.2) is 0 Å². The summed E-state index contributed by atoms with van der Waals surface area (Å²) in [7, 11) is 0. The number of hydrogen-bond donors (Lipinski definition) is 2. The molecule has 33 heavy (non-hydrogen) atoms. The summed E-state index contributed by atoms with van der Waals surface area (Å²) >= 11 is 0. The average molecular weight is 453 g/mol. The van der Waals surface area contributed by atoms with Gasteiger partial charge in [-0.1, -0.05) is 51.0 Å². The van der Waals surface area contributed by atoms with Crippen LogP contribution in [0, 0.1) is 0 Å². The van der Waals surface area contributed by atoms with Crippen LogP contribution in [0.2, 0.25) is 0 Å². The topological polar surface area (TPSA) is 93.1 Å². The lowest BCUT2D eigenvalue weighted by Crippen LogP contribution is -2.02. The van der Waals surface area contributed by atoms with E-state index in [0.29, 0.717) is 35.8 Å². The van der Waals surface area contributed by atoms with Crippen LogP contribution in [0.1, 0.15) is 57.1 Å². The fourth-order valence-electron chi connectivity index (χ4n) is 2.82. The highest BCUT2D eigenvalue weighted by molar-refractivity contribution is 6.10. The molecule has 0 aliphatic heterocycles. The van der Waals surface area contributed by atoms with Gasteiger partial charge in [-0.3, -0.25) is 9.59 Å². The molecule has 6 nitrogen and oxygen atoms in total. The van der Waals surface area contributed by atoms with Crippen LogP contribution in [0.4, 0.5) is 0 Å². The van der Waals surface area contributed by atoms with Crippen molar-refractivity contribution >= 4 is 23.7 Å². The Morgan fingerprint density at radius 1 is 0.758 bits per heavy atom. The third kappa shape index (κ3) is 9.23. The maximum Gasteiger partial charge on any atom is 0.163 e. The molecule has 0 bridgehead atoms. The Morgan fingerprint density at radius 2 is 1.18 bits per heavy atom. The second-order valence-electron chi connectivity index (χ2n) is 7.63. The number of aromatic hydroxyl groups is 2. The second-order valence-corrected chi connectivity index (χ2v) is 7.63. The number of phenols is 2. The first-order valence-electron chi connectivity index (χ1n) is 11.3. The van der Waals surface area contributed by atoms with Crippen LogP contribution >= 0.6 is 0 Å². The Morgan fingerprint density at radius 3 is 1.58 bits per heavy atom. The molecule has 0 amide bonds. The zero-order valence-electron chi connectivity index (χ0n) is 19.3. The number of ether oxygens (including phenoxy) is 2. The molecule has 0 fully saturated rings. The molecule has 0 aliphatic carbocycles. The summed E-state index contributed by atoms with van der Waals surface area (Å²) < 4.78 is 11.1. The van der Waals surface area contributed by atoms with E-state index in [4.69, 9.17) is 9.47 Å². The smallest absolute Gasteiger partial charge is 0.163 e. The number of rotatable bonds is 14. The van der Waals surface area contributed by atoms with Crippen molar-refractivity contribution in [2.75, 3.05) is 13.2 Å². The first kappa shape index (κ1) is 25.7. The Labute approximate surface area is 195 Å². The van der Waals surface area contributed by atoms with Gasteiger partial charge < -0.3 is 19.7 Å². The van der Waals surface area contributed by atoms with E-state index in [-0.39, 0.29) is 29.5 Å². The molecule has 176 valence electrons.